The molecule has 2 amide bonds. The number of thiazole rings is 1. The maximum atomic E-state index is 12.5. The summed E-state index contributed by atoms with van der Waals surface area (Å²) >= 11 is 3.11. The van der Waals surface area contributed by atoms with Gasteiger partial charge in [0.25, 0.3) is 5.91 Å². The number of rotatable bonds is 6. The molecule has 1 saturated heterocycles. The highest BCUT2D eigenvalue weighted by atomic mass is 32.2. The molecule has 29 heavy (non-hydrogen) atoms. The fourth-order valence-electron chi connectivity index (χ4n) is 3.25. The van der Waals surface area contributed by atoms with Crippen LogP contribution >= 0.6 is 23.1 Å². The number of benzene rings is 2. The first-order chi connectivity index (χ1) is 14.1. The van der Waals surface area contributed by atoms with Gasteiger partial charge in [-0.15, -0.1) is 23.1 Å². The number of nitrogens with zero attached hydrogens (tertiary/aromatic N) is 2. The second-order valence-electron chi connectivity index (χ2n) is 6.84. The summed E-state index contributed by atoms with van der Waals surface area (Å²) in [5, 5.41) is 5.39. The monoisotopic (exact) mass is 423 g/mol. The number of nitrogens with one attached hydrogen (secondary N) is 1. The minimum absolute atomic E-state index is 0.188. The zero-order valence-corrected chi connectivity index (χ0v) is 17.7. The Morgan fingerprint density at radius 3 is 2.59 bits per heavy atom. The van der Waals surface area contributed by atoms with Gasteiger partial charge in [0.05, 0.1) is 5.69 Å². The van der Waals surface area contributed by atoms with Gasteiger partial charge >= 0.3 is 0 Å². The van der Waals surface area contributed by atoms with Crippen LogP contribution in [-0.4, -0.2) is 34.5 Å². The molecule has 3 aromatic rings. The largest absolute Gasteiger partial charge is 0.338 e. The topological polar surface area (TPSA) is 62.3 Å². The third-order valence-corrected chi connectivity index (χ3v) is 6.37. The number of carbonyl (C=O) groups excluding carboxylic acids is 2. The number of aromatic nitrogens is 1. The van der Waals surface area contributed by atoms with Gasteiger partial charge in [-0.1, -0.05) is 24.3 Å². The molecule has 0 atom stereocenters. The van der Waals surface area contributed by atoms with Crippen molar-refractivity contribution in [1.82, 2.24) is 9.88 Å². The Bertz CT molecular complexity index is 1010. The fourth-order valence-corrected chi connectivity index (χ4v) is 4.37. The number of carbonyl (C=O) groups is 2. The molecule has 1 fully saturated rings. The first kappa shape index (κ1) is 19.7. The highest BCUT2D eigenvalue weighted by Gasteiger charge is 2.20. The lowest BCUT2D eigenvalue weighted by Gasteiger charge is -2.15. The lowest BCUT2D eigenvalue weighted by Crippen LogP contribution is -2.23. The Hall–Kier alpha value is -2.64. The van der Waals surface area contributed by atoms with Crippen LogP contribution in [0.25, 0.3) is 11.3 Å². The van der Waals surface area contributed by atoms with E-state index in [-0.39, 0.29) is 11.8 Å². The maximum absolute atomic E-state index is 12.5. The van der Waals surface area contributed by atoms with Gasteiger partial charge in [-0.2, -0.15) is 0 Å². The third kappa shape index (κ3) is 4.68. The molecule has 5 nitrogen and oxygen atoms in total. The Kier molecular flexibility index (Phi) is 5.97. The first-order valence-corrected chi connectivity index (χ1v) is 11.5. The zero-order valence-electron chi connectivity index (χ0n) is 16.1. The van der Waals surface area contributed by atoms with Crippen molar-refractivity contribution in [3.8, 4) is 11.3 Å². The molecule has 0 radical (unpaired) electrons. The number of hydrogen-bond donors (Lipinski definition) is 1. The molecule has 7 heteroatoms. The van der Waals surface area contributed by atoms with Crippen molar-refractivity contribution in [3.05, 3.63) is 65.0 Å². The van der Waals surface area contributed by atoms with Crippen LogP contribution in [0.15, 0.2) is 58.8 Å². The van der Waals surface area contributed by atoms with Crippen LogP contribution in [0.4, 0.5) is 5.13 Å². The molecule has 0 spiro atoms. The Morgan fingerprint density at radius 2 is 1.93 bits per heavy atom. The van der Waals surface area contributed by atoms with E-state index in [1.54, 1.807) is 23.9 Å². The number of hydrogen-bond acceptors (Lipinski definition) is 5. The molecule has 0 bridgehead atoms. The SMILES string of the molecule is CSc1ccc(-c2csc(NC(=O)c3ccc(CN4CCCC4=O)cc3)n2)cc1. The molecule has 1 N–H and O–H groups in total. The molecule has 1 aromatic heterocycles. The van der Waals surface area contributed by atoms with Gasteiger partial charge in [-0.25, -0.2) is 4.98 Å². The molecule has 0 aliphatic carbocycles. The average Bonchev–Trinajstić information content (AvgIpc) is 3.38. The van der Waals surface area contributed by atoms with E-state index in [4.69, 9.17) is 0 Å². The zero-order chi connectivity index (χ0) is 20.2. The van der Waals surface area contributed by atoms with Gasteiger partial charge in [0.2, 0.25) is 5.91 Å². The molecule has 4 rings (SSSR count). The molecule has 0 unspecified atom stereocenters. The standard InChI is InChI=1S/C22H21N3O2S2/c1-28-18-10-8-16(9-11-18)19-14-29-22(23-19)24-21(27)17-6-4-15(5-7-17)13-25-12-2-3-20(25)26/h4-11,14H,2-3,12-13H2,1H3,(H,23,24,27). The van der Waals surface area contributed by atoms with Gasteiger partial charge in [-0.05, 0) is 42.5 Å². The lowest BCUT2D eigenvalue weighted by molar-refractivity contribution is -0.128. The van der Waals surface area contributed by atoms with E-state index in [0.29, 0.717) is 23.7 Å². The van der Waals surface area contributed by atoms with Crippen LogP contribution in [0, 0.1) is 0 Å². The summed E-state index contributed by atoms with van der Waals surface area (Å²) in [6, 6.07) is 15.6. The maximum Gasteiger partial charge on any atom is 0.257 e. The van der Waals surface area contributed by atoms with Gasteiger partial charge in [0, 0.05) is 40.9 Å². The number of likely N-dealkylation sites (tertiary alicyclic amines) is 1. The van der Waals surface area contributed by atoms with E-state index in [2.05, 4.69) is 22.4 Å². The Morgan fingerprint density at radius 1 is 1.17 bits per heavy atom. The van der Waals surface area contributed by atoms with Crippen molar-refractivity contribution < 1.29 is 9.59 Å². The molecule has 2 heterocycles. The Labute approximate surface area is 178 Å². The van der Waals surface area contributed by atoms with Crippen LogP contribution in [0.1, 0.15) is 28.8 Å². The molecule has 148 valence electrons. The fraction of sp³-hybridized carbons (Fsp3) is 0.227. The third-order valence-electron chi connectivity index (χ3n) is 4.87. The predicted molar refractivity (Wildman–Crippen MR) is 118 cm³/mol. The second-order valence-corrected chi connectivity index (χ2v) is 8.57. The van der Waals surface area contributed by atoms with Gasteiger partial charge in [-0.3, -0.25) is 14.9 Å². The highest BCUT2D eigenvalue weighted by molar-refractivity contribution is 7.98. The minimum Gasteiger partial charge on any atom is -0.338 e. The molecular weight excluding hydrogens is 402 g/mol. The normalized spacial score (nSPS) is 13.7. The minimum atomic E-state index is -0.188. The van der Waals surface area contributed by atoms with Crippen molar-refractivity contribution >= 4 is 40.0 Å². The molecule has 1 aliphatic rings. The van der Waals surface area contributed by atoms with Crippen molar-refractivity contribution in [2.75, 3.05) is 18.1 Å². The van der Waals surface area contributed by atoms with Crippen molar-refractivity contribution in [2.24, 2.45) is 0 Å². The summed E-state index contributed by atoms with van der Waals surface area (Å²) in [6.45, 7) is 1.42. The van der Waals surface area contributed by atoms with Crippen molar-refractivity contribution in [3.63, 3.8) is 0 Å². The van der Waals surface area contributed by atoms with Gasteiger partial charge in [0.15, 0.2) is 5.13 Å². The van der Waals surface area contributed by atoms with Gasteiger partial charge in [0.1, 0.15) is 0 Å². The number of thioether (sulfide) groups is 1. The predicted octanol–water partition coefficient (Wildman–Crippen LogP) is 4.91. The van der Waals surface area contributed by atoms with Crippen molar-refractivity contribution in [1.29, 1.82) is 0 Å². The molecule has 2 aromatic carbocycles. The second kappa shape index (κ2) is 8.80. The summed E-state index contributed by atoms with van der Waals surface area (Å²) in [7, 11) is 0. The van der Waals surface area contributed by atoms with Crippen LogP contribution in [0.2, 0.25) is 0 Å². The Balaban J connectivity index is 1.39. The van der Waals surface area contributed by atoms with E-state index >= 15 is 0 Å². The molecule has 0 saturated carbocycles. The summed E-state index contributed by atoms with van der Waals surface area (Å²) in [5.41, 5.74) is 3.48. The van der Waals surface area contributed by atoms with E-state index < -0.39 is 0 Å². The summed E-state index contributed by atoms with van der Waals surface area (Å²) in [5.74, 6) is 0.0157. The van der Waals surface area contributed by atoms with Crippen LogP contribution < -0.4 is 5.32 Å². The highest BCUT2D eigenvalue weighted by Crippen LogP contribution is 2.27. The quantitative estimate of drug-likeness (QED) is 0.573. The molecule has 1 aliphatic heterocycles. The van der Waals surface area contributed by atoms with E-state index in [1.807, 2.05) is 40.8 Å². The summed E-state index contributed by atoms with van der Waals surface area (Å²) in [6.07, 6.45) is 3.61. The van der Waals surface area contributed by atoms with Crippen LogP contribution in [0.3, 0.4) is 0 Å². The summed E-state index contributed by atoms with van der Waals surface area (Å²) < 4.78 is 0. The van der Waals surface area contributed by atoms with Crippen LogP contribution in [0.5, 0.6) is 0 Å². The van der Waals surface area contributed by atoms with E-state index in [1.165, 1.54) is 16.2 Å². The number of amides is 2. The van der Waals surface area contributed by atoms with Crippen molar-refractivity contribution in [2.45, 2.75) is 24.3 Å². The molecular formula is C22H21N3O2S2. The lowest BCUT2D eigenvalue weighted by atomic mass is 10.1. The van der Waals surface area contributed by atoms with Crippen LogP contribution in [-0.2, 0) is 11.3 Å². The smallest absolute Gasteiger partial charge is 0.257 e. The average molecular weight is 424 g/mol. The van der Waals surface area contributed by atoms with Gasteiger partial charge < -0.3 is 4.90 Å². The van der Waals surface area contributed by atoms with E-state index in [0.717, 1.165) is 29.8 Å². The number of anilines is 1. The first-order valence-electron chi connectivity index (χ1n) is 9.40. The van der Waals surface area contributed by atoms with E-state index in [9.17, 15) is 9.59 Å². The summed E-state index contributed by atoms with van der Waals surface area (Å²) in [4.78, 5) is 31.9.